The Balaban J connectivity index is 2.36. The maximum Gasteiger partial charge on any atom is 0.237 e. The molecule has 0 radical (unpaired) electrons. The Morgan fingerprint density at radius 3 is 2.47 bits per heavy atom. The van der Waals surface area contributed by atoms with E-state index in [1.807, 2.05) is 24.3 Å². The molecule has 2 aromatic rings. The number of halogens is 1. The predicted molar refractivity (Wildman–Crippen MR) is 73.8 cm³/mol. The smallest absolute Gasteiger partial charge is 0.237 e. The summed E-state index contributed by atoms with van der Waals surface area (Å²) in [7, 11) is 1.56. The van der Waals surface area contributed by atoms with Crippen LogP contribution in [0.2, 0.25) is 0 Å². The van der Waals surface area contributed by atoms with Crippen molar-refractivity contribution in [3.8, 4) is 5.88 Å². The summed E-state index contributed by atoms with van der Waals surface area (Å²) in [5.74, 6) is 0.471. The molecular formula is C12H12IN3O. The summed E-state index contributed by atoms with van der Waals surface area (Å²) in [6, 6.07) is 7.67. The van der Waals surface area contributed by atoms with Crippen molar-refractivity contribution in [2.45, 2.75) is 6.04 Å². The van der Waals surface area contributed by atoms with Gasteiger partial charge in [-0.25, -0.2) is 4.98 Å². The van der Waals surface area contributed by atoms with Gasteiger partial charge in [0.05, 0.1) is 13.2 Å². The van der Waals surface area contributed by atoms with Gasteiger partial charge in [-0.1, -0.05) is 12.1 Å². The van der Waals surface area contributed by atoms with Crippen LogP contribution in [0.5, 0.6) is 5.88 Å². The van der Waals surface area contributed by atoms with Gasteiger partial charge in [-0.3, -0.25) is 4.98 Å². The molecule has 17 heavy (non-hydrogen) atoms. The van der Waals surface area contributed by atoms with Gasteiger partial charge < -0.3 is 10.5 Å². The summed E-state index contributed by atoms with van der Waals surface area (Å²) in [5, 5.41) is 0. The number of hydrogen-bond acceptors (Lipinski definition) is 4. The Labute approximate surface area is 113 Å². The number of nitrogens with two attached hydrogens (primary N) is 1. The van der Waals surface area contributed by atoms with Crippen molar-refractivity contribution >= 4 is 22.6 Å². The van der Waals surface area contributed by atoms with Crippen LogP contribution >= 0.6 is 22.6 Å². The first kappa shape index (κ1) is 12.3. The second kappa shape index (κ2) is 5.42. The van der Waals surface area contributed by atoms with E-state index in [9.17, 15) is 0 Å². The van der Waals surface area contributed by atoms with E-state index in [-0.39, 0.29) is 6.04 Å². The lowest BCUT2D eigenvalue weighted by atomic mass is 10.1. The van der Waals surface area contributed by atoms with Crippen LogP contribution in [0.15, 0.2) is 36.7 Å². The first-order chi connectivity index (χ1) is 8.22. The zero-order chi connectivity index (χ0) is 12.3. The molecule has 0 aliphatic carbocycles. The molecule has 2 N–H and O–H groups in total. The van der Waals surface area contributed by atoms with Crippen LogP contribution in [0.4, 0.5) is 0 Å². The van der Waals surface area contributed by atoms with Gasteiger partial charge in [0.2, 0.25) is 5.88 Å². The highest BCUT2D eigenvalue weighted by Crippen LogP contribution is 2.24. The molecule has 88 valence electrons. The molecule has 0 saturated carbocycles. The van der Waals surface area contributed by atoms with Gasteiger partial charge in [-0.2, -0.15) is 0 Å². The summed E-state index contributed by atoms with van der Waals surface area (Å²) in [5.41, 5.74) is 7.80. The molecule has 0 saturated heterocycles. The van der Waals surface area contributed by atoms with E-state index in [0.29, 0.717) is 11.6 Å². The average molecular weight is 341 g/mol. The van der Waals surface area contributed by atoms with Crippen LogP contribution in [0.1, 0.15) is 17.3 Å². The summed E-state index contributed by atoms with van der Waals surface area (Å²) in [6.45, 7) is 0. The first-order valence-electron chi connectivity index (χ1n) is 5.08. The van der Waals surface area contributed by atoms with Crippen LogP contribution in [0, 0.1) is 3.57 Å². The van der Waals surface area contributed by atoms with Crippen LogP contribution in [-0.2, 0) is 0 Å². The van der Waals surface area contributed by atoms with Gasteiger partial charge in [-0.05, 0) is 40.3 Å². The molecule has 1 aromatic carbocycles. The lowest BCUT2D eigenvalue weighted by Gasteiger charge is -2.13. The average Bonchev–Trinajstić information content (AvgIpc) is 2.39. The third-order valence-corrected chi connectivity index (χ3v) is 3.13. The van der Waals surface area contributed by atoms with E-state index in [1.165, 1.54) is 3.57 Å². The number of hydrogen-bond donors (Lipinski definition) is 1. The monoisotopic (exact) mass is 341 g/mol. The number of nitrogens with zero attached hydrogens (tertiary/aromatic N) is 2. The van der Waals surface area contributed by atoms with Crippen molar-refractivity contribution in [1.29, 1.82) is 0 Å². The molecule has 1 atom stereocenters. The van der Waals surface area contributed by atoms with Gasteiger partial charge in [0, 0.05) is 16.0 Å². The zero-order valence-electron chi connectivity index (χ0n) is 9.30. The number of rotatable bonds is 3. The molecule has 1 heterocycles. The summed E-state index contributed by atoms with van der Waals surface area (Å²) in [6.07, 6.45) is 3.20. The second-order valence-corrected chi connectivity index (χ2v) is 4.73. The van der Waals surface area contributed by atoms with Crippen molar-refractivity contribution < 1.29 is 4.74 Å². The molecular weight excluding hydrogens is 329 g/mol. The summed E-state index contributed by atoms with van der Waals surface area (Å²) < 4.78 is 6.33. The van der Waals surface area contributed by atoms with Crippen molar-refractivity contribution in [2.75, 3.05) is 7.11 Å². The Morgan fingerprint density at radius 1 is 1.18 bits per heavy atom. The van der Waals surface area contributed by atoms with E-state index in [0.717, 1.165) is 5.56 Å². The van der Waals surface area contributed by atoms with E-state index >= 15 is 0 Å². The Morgan fingerprint density at radius 2 is 1.82 bits per heavy atom. The number of methoxy groups -OCH3 is 1. The molecule has 1 unspecified atom stereocenters. The minimum absolute atomic E-state index is 0.323. The van der Waals surface area contributed by atoms with Gasteiger partial charge in [0.15, 0.2) is 0 Å². The standard InChI is InChI=1S/C12H12IN3O/c1-17-12-11(15-6-7-16-12)10(14)8-2-4-9(13)5-3-8/h2-7,10H,14H2,1H3. The molecule has 4 nitrogen and oxygen atoms in total. The van der Waals surface area contributed by atoms with Gasteiger partial charge in [0.1, 0.15) is 5.69 Å². The molecule has 1 aromatic heterocycles. The highest BCUT2D eigenvalue weighted by molar-refractivity contribution is 14.1. The molecule has 0 bridgehead atoms. The van der Waals surface area contributed by atoms with E-state index in [1.54, 1.807) is 19.5 Å². The van der Waals surface area contributed by atoms with Crippen LogP contribution < -0.4 is 10.5 Å². The molecule has 0 spiro atoms. The van der Waals surface area contributed by atoms with Crippen molar-refractivity contribution in [1.82, 2.24) is 9.97 Å². The fourth-order valence-corrected chi connectivity index (χ4v) is 1.89. The fourth-order valence-electron chi connectivity index (χ4n) is 1.53. The lowest BCUT2D eigenvalue weighted by Crippen LogP contribution is -2.15. The predicted octanol–water partition coefficient (Wildman–Crippen LogP) is 2.14. The quantitative estimate of drug-likeness (QED) is 0.869. The SMILES string of the molecule is COc1nccnc1C(N)c1ccc(I)cc1. The van der Waals surface area contributed by atoms with Crippen molar-refractivity contribution in [2.24, 2.45) is 5.73 Å². The fraction of sp³-hybridized carbons (Fsp3) is 0.167. The van der Waals surface area contributed by atoms with Crippen LogP contribution in [0.3, 0.4) is 0 Å². The Bertz CT molecular complexity index is 501. The number of aromatic nitrogens is 2. The summed E-state index contributed by atoms with van der Waals surface area (Å²) >= 11 is 2.26. The lowest BCUT2D eigenvalue weighted by molar-refractivity contribution is 0.387. The highest BCUT2D eigenvalue weighted by atomic mass is 127. The maximum atomic E-state index is 6.16. The topological polar surface area (TPSA) is 61.0 Å². The molecule has 0 aliphatic heterocycles. The van der Waals surface area contributed by atoms with Crippen LogP contribution in [0.25, 0.3) is 0 Å². The van der Waals surface area contributed by atoms with E-state index in [4.69, 9.17) is 10.5 Å². The Kier molecular flexibility index (Phi) is 3.90. The maximum absolute atomic E-state index is 6.16. The van der Waals surface area contributed by atoms with Crippen LogP contribution in [-0.4, -0.2) is 17.1 Å². The second-order valence-electron chi connectivity index (χ2n) is 3.48. The first-order valence-corrected chi connectivity index (χ1v) is 6.16. The number of ether oxygens (including phenoxy) is 1. The van der Waals surface area contributed by atoms with Gasteiger partial charge >= 0.3 is 0 Å². The minimum atomic E-state index is -0.323. The van der Waals surface area contributed by atoms with E-state index < -0.39 is 0 Å². The third kappa shape index (κ3) is 2.73. The largest absolute Gasteiger partial charge is 0.480 e. The molecule has 5 heteroatoms. The minimum Gasteiger partial charge on any atom is -0.480 e. The normalized spacial score (nSPS) is 12.2. The van der Waals surface area contributed by atoms with Gasteiger partial charge in [-0.15, -0.1) is 0 Å². The zero-order valence-corrected chi connectivity index (χ0v) is 11.5. The van der Waals surface area contributed by atoms with E-state index in [2.05, 4.69) is 32.6 Å². The third-order valence-electron chi connectivity index (χ3n) is 2.41. The highest BCUT2D eigenvalue weighted by Gasteiger charge is 2.16. The number of benzene rings is 1. The molecule has 0 aliphatic rings. The Hall–Kier alpha value is -1.21. The van der Waals surface area contributed by atoms with Gasteiger partial charge in [0.25, 0.3) is 0 Å². The van der Waals surface area contributed by atoms with Crippen molar-refractivity contribution in [3.63, 3.8) is 0 Å². The molecule has 0 fully saturated rings. The van der Waals surface area contributed by atoms with Crippen molar-refractivity contribution in [3.05, 3.63) is 51.5 Å². The molecule has 2 rings (SSSR count). The molecule has 0 amide bonds. The summed E-state index contributed by atoms with van der Waals surface area (Å²) in [4.78, 5) is 8.33.